The molecular formula is C24H18Cl2N2O4. The molecule has 0 unspecified atom stereocenters. The van der Waals surface area contributed by atoms with Crippen molar-refractivity contribution < 1.29 is 19.5 Å². The number of hydrogen-bond donors (Lipinski definition) is 3. The van der Waals surface area contributed by atoms with Gasteiger partial charge in [-0.25, -0.2) is 4.79 Å². The predicted molar refractivity (Wildman–Crippen MR) is 125 cm³/mol. The Morgan fingerprint density at radius 3 is 2.00 bits per heavy atom. The van der Waals surface area contributed by atoms with Crippen LogP contribution < -0.4 is 10.6 Å². The number of urea groups is 1. The van der Waals surface area contributed by atoms with Crippen LogP contribution in [0.4, 0.5) is 16.2 Å². The fourth-order valence-electron chi connectivity index (χ4n) is 3.42. The molecule has 6 nitrogen and oxygen atoms in total. The van der Waals surface area contributed by atoms with Crippen molar-refractivity contribution in [2.45, 2.75) is 6.42 Å². The molecule has 1 aliphatic rings. The van der Waals surface area contributed by atoms with Crippen LogP contribution in [0, 0.1) is 11.8 Å². The first-order chi connectivity index (χ1) is 15.3. The number of benzene rings is 3. The lowest BCUT2D eigenvalue weighted by molar-refractivity contribution is -0.138. The van der Waals surface area contributed by atoms with Crippen LogP contribution in [0.2, 0.25) is 10.0 Å². The van der Waals surface area contributed by atoms with Crippen LogP contribution in [-0.4, -0.2) is 22.9 Å². The van der Waals surface area contributed by atoms with E-state index in [1.54, 1.807) is 42.5 Å². The third-order valence-corrected chi connectivity index (χ3v) is 5.82. The van der Waals surface area contributed by atoms with Gasteiger partial charge in [-0.15, -0.1) is 0 Å². The number of halogens is 2. The fourth-order valence-corrected chi connectivity index (χ4v) is 3.88. The minimum Gasteiger partial charge on any atom is -0.481 e. The Kier molecular flexibility index (Phi) is 6.17. The molecule has 1 saturated carbocycles. The first-order valence-corrected chi connectivity index (χ1v) is 10.6. The van der Waals surface area contributed by atoms with Gasteiger partial charge in [-0.2, -0.15) is 0 Å². The highest BCUT2D eigenvalue weighted by Crippen LogP contribution is 2.41. The van der Waals surface area contributed by atoms with Gasteiger partial charge in [-0.05, 0) is 47.9 Å². The van der Waals surface area contributed by atoms with E-state index in [1.165, 1.54) is 0 Å². The van der Waals surface area contributed by atoms with E-state index in [4.69, 9.17) is 28.3 Å². The maximum absolute atomic E-state index is 12.4. The summed E-state index contributed by atoms with van der Waals surface area (Å²) in [6.07, 6.45) is 0.405. The molecule has 3 aromatic carbocycles. The zero-order valence-electron chi connectivity index (χ0n) is 16.6. The van der Waals surface area contributed by atoms with E-state index in [9.17, 15) is 14.4 Å². The smallest absolute Gasteiger partial charge is 0.323 e. The zero-order chi connectivity index (χ0) is 22.8. The Hall–Kier alpha value is -3.35. The Morgan fingerprint density at radius 2 is 1.44 bits per heavy atom. The van der Waals surface area contributed by atoms with Crippen LogP contribution in [0.5, 0.6) is 0 Å². The number of nitrogens with one attached hydrogen (secondary N) is 2. The van der Waals surface area contributed by atoms with E-state index in [0.29, 0.717) is 33.4 Å². The average molecular weight is 469 g/mol. The van der Waals surface area contributed by atoms with Gasteiger partial charge in [0.15, 0.2) is 5.78 Å². The molecule has 2 amide bonds. The highest BCUT2D eigenvalue weighted by atomic mass is 35.5. The summed E-state index contributed by atoms with van der Waals surface area (Å²) >= 11 is 11.9. The largest absolute Gasteiger partial charge is 0.481 e. The molecule has 0 aromatic heterocycles. The summed E-state index contributed by atoms with van der Waals surface area (Å²) in [6, 6.07) is 18.6. The second kappa shape index (κ2) is 9.02. The number of ketones is 1. The molecule has 0 spiro atoms. The van der Waals surface area contributed by atoms with E-state index in [1.807, 2.05) is 24.3 Å². The molecule has 0 heterocycles. The summed E-state index contributed by atoms with van der Waals surface area (Å²) in [5, 5.41) is 15.2. The van der Waals surface area contributed by atoms with E-state index < -0.39 is 23.8 Å². The van der Waals surface area contributed by atoms with E-state index in [2.05, 4.69) is 10.6 Å². The van der Waals surface area contributed by atoms with Crippen molar-refractivity contribution in [2.75, 3.05) is 10.6 Å². The normalized spacial score (nSPS) is 16.8. The highest BCUT2D eigenvalue weighted by Gasteiger charge is 2.48. The van der Waals surface area contributed by atoms with E-state index in [0.717, 1.165) is 11.1 Å². The third kappa shape index (κ3) is 4.93. The highest BCUT2D eigenvalue weighted by molar-refractivity contribution is 6.36. The molecule has 1 fully saturated rings. The number of hydrogen-bond acceptors (Lipinski definition) is 3. The lowest BCUT2D eigenvalue weighted by Gasteiger charge is -2.10. The van der Waals surface area contributed by atoms with E-state index in [-0.39, 0.29) is 5.78 Å². The van der Waals surface area contributed by atoms with Crippen LogP contribution in [0.1, 0.15) is 16.8 Å². The maximum atomic E-state index is 12.4. The Labute approximate surface area is 194 Å². The summed E-state index contributed by atoms with van der Waals surface area (Å²) < 4.78 is 0. The number of carbonyl (C=O) groups excluding carboxylic acids is 2. The van der Waals surface area contributed by atoms with Gasteiger partial charge in [0, 0.05) is 22.2 Å². The maximum Gasteiger partial charge on any atom is 0.323 e. The molecule has 0 aliphatic heterocycles. The summed E-state index contributed by atoms with van der Waals surface area (Å²) in [7, 11) is 0. The van der Waals surface area contributed by atoms with Gasteiger partial charge in [0.1, 0.15) is 0 Å². The summed E-state index contributed by atoms with van der Waals surface area (Å²) in [5.41, 5.74) is 3.36. The molecular weight excluding hydrogens is 451 g/mol. The number of carboxylic acids is 1. The topological polar surface area (TPSA) is 95.5 Å². The molecule has 0 bridgehead atoms. The van der Waals surface area contributed by atoms with Crippen LogP contribution in [0.25, 0.3) is 11.1 Å². The lowest BCUT2D eigenvalue weighted by atomic mass is 10.0. The summed E-state index contributed by atoms with van der Waals surface area (Å²) in [6.45, 7) is 0. The Bertz CT molecular complexity index is 1190. The van der Waals surface area contributed by atoms with E-state index >= 15 is 0 Å². The van der Waals surface area contributed by atoms with Crippen molar-refractivity contribution in [3.8, 4) is 11.1 Å². The first-order valence-electron chi connectivity index (χ1n) is 9.82. The standard InChI is InChI=1S/C24H18Cl2N2O4/c25-16-7-10-21(20(26)11-16)28-24(32)27-17-8-5-14(6-9-17)13-1-3-15(4-2-13)22(29)18-12-19(18)23(30)31/h1-11,18-19H,12H2,(H,30,31)(H2,27,28,32)/t18-,19-/m1/s1. The Balaban J connectivity index is 1.37. The molecule has 8 heteroatoms. The molecule has 0 radical (unpaired) electrons. The van der Waals surface area contributed by atoms with Crippen LogP contribution >= 0.6 is 23.2 Å². The van der Waals surface area contributed by atoms with Gasteiger partial charge in [-0.1, -0.05) is 59.6 Å². The van der Waals surface area contributed by atoms with Crippen molar-refractivity contribution >= 4 is 52.4 Å². The number of aliphatic carboxylic acids is 1. The third-order valence-electron chi connectivity index (χ3n) is 5.27. The SMILES string of the molecule is O=C(Nc1ccc(-c2ccc(C(=O)[C@@H]3C[C@H]3C(=O)O)cc2)cc1)Nc1ccc(Cl)cc1Cl. The number of anilines is 2. The molecule has 162 valence electrons. The predicted octanol–water partition coefficient (Wildman–Crippen LogP) is 6.21. The zero-order valence-corrected chi connectivity index (χ0v) is 18.2. The van der Waals surface area contributed by atoms with Gasteiger partial charge < -0.3 is 15.7 Å². The van der Waals surface area contributed by atoms with Crippen molar-refractivity contribution in [1.82, 2.24) is 0 Å². The fraction of sp³-hybridized carbons (Fsp3) is 0.125. The molecule has 4 rings (SSSR count). The van der Waals surface area contributed by atoms with Crippen LogP contribution in [0.3, 0.4) is 0 Å². The monoisotopic (exact) mass is 468 g/mol. The van der Waals surface area contributed by atoms with Crippen molar-refractivity contribution in [3.05, 3.63) is 82.3 Å². The Morgan fingerprint density at radius 1 is 0.812 bits per heavy atom. The number of amides is 2. The number of carbonyl (C=O) groups is 3. The minimum absolute atomic E-state index is 0.129. The molecule has 3 aromatic rings. The minimum atomic E-state index is -0.918. The second-order valence-corrected chi connectivity index (χ2v) is 8.35. The molecule has 32 heavy (non-hydrogen) atoms. The quantitative estimate of drug-likeness (QED) is 0.374. The summed E-state index contributed by atoms with van der Waals surface area (Å²) in [4.78, 5) is 35.5. The average Bonchev–Trinajstić information content (AvgIpc) is 3.57. The van der Waals surface area contributed by atoms with Gasteiger partial charge in [-0.3, -0.25) is 9.59 Å². The molecule has 0 saturated heterocycles. The number of carboxylic acid groups (broad SMARTS) is 1. The molecule has 2 atom stereocenters. The van der Waals surface area contributed by atoms with Gasteiger partial charge >= 0.3 is 12.0 Å². The van der Waals surface area contributed by atoms with Crippen LogP contribution in [-0.2, 0) is 4.79 Å². The first kappa shape index (κ1) is 21.9. The van der Waals surface area contributed by atoms with Crippen molar-refractivity contribution in [3.63, 3.8) is 0 Å². The lowest BCUT2D eigenvalue weighted by Crippen LogP contribution is -2.19. The van der Waals surface area contributed by atoms with Crippen LogP contribution in [0.15, 0.2) is 66.7 Å². The van der Waals surface area contributed by atoms with Crippen molar-refractivity contribution in [2.24, 2.45) is 11.8 Å². The molecule has 3 N–H and O–H groups in total. The van der Waals surface area contributed by atoms with Crippen molar-refractivity contribution in [1.29, 1.82) is 0 Å². The molecule has 1 aliphatic carbocycles. The number of Topliss-reactive ketones (excluding diaryl/α,β-unsaturated/α-hetero) is 1. The van der Waals surface area contributed by atoms with Gasteiger partial charge in [0.25, 0.3) is 0 Å². The van der Waals surface area contributed by atoms with Gasteiger partial charge in [0.2, 0.25) is 0 Å². The van der Waals surface area contributed by atoms with Gasteiger partial charge in [0.05, 0.1) is 16.6 Å². The number of rotatable bonds is 6. The second-order valence-electron chi connectivity index (χ2n) is 7.51. The summed E-state index contributed by atoms with van der Waals surface area (Å²) in [5.74, 6) is -2.03.